The molecule has 0 spiro atoms. The van der Waals surface area contributed by atoms with Crippen LogP contribution < -0.4 is 5.32 Å². The van der Waals surface area contributed by atoms with Gasteiger partial charge in [-0.1, -0.05) is 0 Å². The molecule has 0 unspecified atom stereocenters. The summed E-state index contributed by atoms with van der Waals surface area (Å²) in [4.78, 5) is 23.0. The van der Waals surface area contributed by atoms with E-state index in [1.807, 2.05) is 12.1 Å². The van der Waals surface area contributed by atoms with Gasteiger partial charge < -0.3 is 10.4 Å². The highest BCUT2D eigenvalue weighted by molar-refractivity contribution is 5.96. The molecule has 0 saturated heterocycles. The number of benzene rings is 1. The van der Waals surface area contributed by atoms with Crippen molar-refractivity contribution >= 4 is 11.9 Å². The van der Waals surface area contributed by atoms with Crippen LogP contribution in [0.3, 0.4) is 0 Å². The first-order valence-corrected chi connectivity index (χ1v) is 6.49. The molecule has 0 fully saturated rings. The summed E-state index contributed by atoms with van der Waals surface area (Å²) in [6, 6.07) is 8.89. The molecule has 0 radical (unpaired) electrons. The Labute approximate surface area is 122 Å². The molecular formula is C15H15N3O3. The highest BCUT2D eigenvalue weighted by atomic mass is 16.4. The quantitative estimate of drug-likeness (QED) is 0.742. The number of aliphatic carboxylic acids is 1. The lowest BCUT2D eigenvalue weighted by Gasteiger charge is -2.14. The minimum absolute atomic E-state index is 0.277. The van der Waals surface area contributed by atoms with E-state index in [9.17, 15) is 9.59 Å². The Morgan fingerprint density at radius 3 is 2.38 bits per heavy atom. The number of carboxylic acid groups (broad SMARTS) is 1. The van der Waals surface area contributed by atoms with Gasteiger partial charge in [-0.2, -0.15) is 10.5 Å². The van der Waals surface area contributed by atoms with Crippen molar-refractivity contribution in [1.29, 1.82) is 10.5 Å². The molecule has 108 valence electrons. The predicted molar refractivity (Wildman–Crippen MR) is 74.1 cm³/mol. The van der Waals surface area contributed by atoms with Gasteiger partial charge in [-0.3, -0.25) is 4.79 Å². The monoisotopic (exact) mass is 285 g/mol. The fourth-order valence-electron chi connectivity index (χ4n) is 1.75. The van der Waals surface area contributed by atoms with E-state index in [0.717, 1.165) is 0 Å². The third-order valence-corrected chi connectivity index (χ3v) is 2.91. The first kappa shape index (κ1) is 16.2. The van der Waals surface area contributed by atoms with Crippen molar-refractivity contribution in [1.82, 2.24) is 5.32 Å². The van der Waals surface area contributed by atoms with Crippen LogP contribution in [0.15, 0.2) is 24.3 Å². The summed E-state index contributed by atoms with van der Waals surface area (Å²) >= 11 is 0. The standard InChI is InChI=1S/C15H15N3O3/c16-9-3-1-2-4-13(15(20)21)18-14(19)12-7-5-11(10-17)6-8-12/h5-8,13H,1-4H2,(H,18,19)(H,20,21)/t13-/m0/s1. The minimum atomic E-state index is -1.10. The summed E-state index contributed by atoms with van der Waals surface area (Å²) in [6.45, 7) is 0. The lowest BCUT2D eigenvalue weighted by Crippen LogP contribution is -2.40. The summed E-state index contributed by atoms with van der Waals surface area (Å²) < 4.78 is 0. The summed E-state index contributed by atoms with van der Waals surface area (Å²) in [5, 5.41) is 28.6. The number of rotatable bonds is 7. The van der Waals surface area contributed by atoms with Crippen molar-refractivity contribution in [3.8, 4) is 12.1 Å². The highest BCUT2D eigenvalue weighted by Crippen LogP contribution is 2.07. The predicted octanol–water partition coefficient (Wildman–Crippen LogP) is 1.83. The van der Waals surface area contributed by atoms with Gasteiger partial charge in [0.15, 0.2) is 0 Å². The third-order valence-electron chi connectivity index (χ3n) is 2.91. The van der Waals surface area contributed by atoms with Crippen molar-refractivity contribution in [2.75, 3.05) is 0 Å². The lowest BCUT2D eigenvalue weighted by molar-refractivity contribution is -0.139. The molecule has 1 aromatic rings. The molecule has 1 aromatic carbocycles. The van der Waals surface area contributed by atoms with Crippen LogP contribution in [-0.4, -0.2) is 23.0 Å². The molecule has 2 N–H and O–H groups in total. The first-order valence-electron chi connectivity index (χ1n) is 6.49. The third kappa shape index (κ3) is 5.33. The molecular weight excluding hydrogens is 270 g/mol. The lowest BCUT2D eigenvalue weighted by atomic mass is 10.1. The Bertz CT molecular complexity index is 582. The van der Waals surface area contributed by atoms with Crippen molar-refractivity contribution in [3.05, 3.63) is 35.4 Å². The van der Waals surface area contributed by atoms with Crippen LogP contribution in [0.2, 0.25) is 0 Å². The molecule has 6 nitrogen and oxygen atoms in total. The van der Waals surface area contributed by atoms with Crippen molar-refractivity contribution < 1.29 is 14.7 Å². The van der Waals surface area contributed by atoms with E-state index in [0.29, 0.717) is 30.4 Å². The van der Waals surface area contributed by atoms with Crippen LogP contribution in [0.5, 0.6) is 0 Å². The second-order valence-corrected chi connectivity index (χ2v) is 4.46. The molecule has 0 aromatic heterocycles. The second-order valence-electron chi connectivity index (χ2n) is 4.46. The topological polar surface area (TPSA) is 114 Å². The number of nitrogens with zero attached hydrogens (tertiary/aromatic N) is 2. The summed E-state index contributed by atoms with van der Waals surface area (Å²) in [6.07, 6.45) is 1.81. The van der Waals surface area contributed by atoms with Crippen LogP contribution >= 0.6 is 0 Å². The van der Waals surface area contributed by atoms with E-state index in [2.05, 4.69) is 5.32 Å². The van der Waals surface area contributed by atoms with E-state index in [4.69, 9.17) is 15.6 Å². The van der Waals surface area contributed by atoms with Crippen LogP contribution in [0.1, 0.15) is 41.6 Å². The fourth-order valence-corrected chi connectivity index (χ4v) is 1.75. The largest absolute Gasteiger partial charge is 0.480 e. The summed E-state index contributed by atoms with van der Waals surface area (Å²) in [5.74, 6) is -1.60. The normalized spacial score (nSPS) is 11.0. The van der Waals surface area contributed by atoms with Gasteiger partial charge >= 0.3 is 5.97 Å². The van der Waals surface area contributed by atoms with Gasteiger partial charge in [0, 0.05) is 12.0 Å². The van der Waals surface area contributed by atoms with Gasteiger partial charge in [0.1, 0.15) is 6.04 Å². The average molecular weight is 285 g/mol. The molecule has 1 rings (SSSR count). The van der Waals surface area contributed by atoms with Crippen LogP contribution in [0, 0.1) is 22.7 Å². The minimum Gasteiger partial charge on any atom is -0.480 e. The van der Waals surface area contributed by atoms with E-state index in [-0.39, 0.29) is 6.42 Å². The Hall–Kier alpha value is -2.86. The molecule has 6 heteroatoms. The number of nitriles is 2. The van der Waals surface area contributed by atoms with Crippen LogP contribution in [0.4, 0.5) is 0 Å². The zero-order valence-electron chi connectivity index (χ0n) is 11.4. The Morgan fingerprint density at radius 2 is 1.86 bits per heavy atom. The molecule has 21 heavy (non-hydrogen) atoms. The smallest absolute Gasteiger partial charge is 0.326 e. The zero-order valence-corrected chi connectivity index (χ0v) is 11.4. The van der Waals surface area contributed by atoms with E-state index >= 15 is 0 Å². The van der Waals surface area contributed by atoms with Gasteiger partial charge in [-0.25, -0.2) is 4.79 Å². The summed E-state index contributed by atoms with van der Waals surface area (Å²) in [5.41, 5.74) is 0.732. The molecule has 0 bridgehead atoms. The van der Waals surface area contributed by atoms with E-state index in [1.165, 1.54) is 24.3 Å². The molecule has 0 aliphatic rings. The number of amides is 1. The van der Waals surface area contributed by atoms with Crippen LogP contribution in [-0.2, 0) is 4.79 Å². The first-order chi connectivity index (χ1) is 10.1. The number of hydrogen-bond acceptors (Lipinski definition) is 4. The second kappa shape index (κ2) is 8.34. The SMILES string of the molecule is N#CCCCC[C@H](NC(=O)c1ccc(C#N)cc1)C(=O)O. The fraction of sp³-hybridized carbons (Fsp3) is 0.333. The maximum atomic E-state index is 11.9. The molecule has 1 amide bonds. The number of carbonyl (C=O) groups is 2. The molecule has 0 aliphatic carbocycles. The average Bonchev–Trinajstić information content (AvgIpc) is 2.50. The molecule has 0 aliphatic heterocycles. The number of hydrogen-bond donors (Lipinski definition) is 2. The number of carboxylic acids is 1. The van der Waals surface area contributed by atoms with Gasteiger partial charge in [-0.05, 0) is 43.5 Å². The number of carbonyl (C=O) groups excluding carboxylic acids is 1. The maximum absolute atomic E-state index is 11.9. The van der Waals surface area contributed by atoms with Gasteiger partial charge in [0.25, 0.3) is 5.91 Å². The molecule has 0 heterocycles. The number of nitrogens with one attached hydrogen (secondary N) is 1. The molecule has 1 atom stereocenters. The van der Waals surface area contributed by atoms with Crippen molar-refractivity contribution in [3.63, 3.8) is 0 Å². The summed E-state index contributed by atoms with van der Waals surface area (Å²) in [7, 11) is 0. The van der Waals surface area contributed by atoms with E-state index < -0.39 is 17.9 Å². The van der Waals surface area contributed by atoms with Crippen LogP contribution in [0.25, 0.3) is 0 Å². The zero-order chi connectivity index (χ0) is 15.7. The molecule has 0 saturated carbocycles. The Kier molecular flexibility index (Phi) is 6.43. The van der Waals surface area contributed by atoms with Crippen molar-refractivity contribution in [2.24, 2.45) is 0 Å². The maximum Gasteiger partial charge on any atom is 0.326 e. The van der Waals surface area contributed by atoms with Gasteiger partial charge in [0.2, 0.25) is 0 Å². The van der Waals surface area contributed by atoms with Gasteiger partial charge in [0.05, 0.1) is 17.7 Å². The van der Waals surface area contributed by atoms with Gasteiger partial charge in [-0.15, -0.1) is 0 Å². The Balaban J connectivity index is 2.61. The number of unbranched alkanes of at least 4 members (excludes halogenated alkanes) is 2. The van der Waals surface area contributed by atoms with Crippen molar-refractivity contribution in [2.45, 2.75) is 31.7 Å². The highest BCUT2D eigenvalue weighted by Gasteiger charge is 2.20. The Morgan fingerprint density at radius 1 is 1.19 bits per heavy atom. The van der Waals surface area contributed by atoms with E-state index in [1.54, 1.807) is 0 Å².